The summed E-state index contributed by atoms with van der Waals surface area (Å²) < 4.78 is 0. The van der Waals surface area contributed by atoms with E-state index in [1.54, 1.807) is 4.90 Å². The smallest absolute Gasteiger partial charge is 0.317 e. The van der Waals surface area contributed by atoms with Crippen LogP contribution in [0.5, 0.6) is 0 Å². The fourth-order valence-electron chi connectivity index (χ4n) is 2.68. The zero-order valence-electron chi connectivity index (χ0n) is 13.4. The predicted molar refractivity (Wildman–Crippen MR) is 84.0 cm³/mol. The first-order chi connectivity index (χ1) is 9.73. The Hall–Kier alpha value is -1.55. The number of amides is 2. The summed E-state index contributed by atoms with van der Waals surface area (Å²) in [5, 5.41) is 13.4. The lowest BCUT2D eigenvalue weighted by molar-refractivity contribution is -0.0954. The van der Waals surface area contributed by atoms with Crippen LogP contribution in [-0.2, 0) is 6.54 Å². The first kappa shape index (κ1) is 15.8. The van der Waals surface area contributed by atoms with Crippen LogP contribution in [0.3, 0.4) is 0 Å². The van der Waals surface area contributed by atoms with Gasteiger partial charge < -0.3 is 15.3 Å². The Balaban J connectivity index is 1.95. The highest BCUT2D eigenvalue weighted by Crippen LogP contribution is 2.38. The molecule has 1 aromatic rings. The van der Waals surface area contributed by atoms with Gasteiger partial charge in [-0.15, -0.1) is 0 Å². The van der Waals surface area contributed by atoms with Gasteiger partial charge in [0.1, 0.15) is 0 Å². The van der Waals surface area contributed by atoms with Gasteiger partial charge in [0, 0.05) is 25.0 Å². The third kappa shape index (κ3) is 3.38. The van der Waals surface area contributed by atoms with E-state index in [9.17, 15) is 9.90 Å². The second-order valence-electron chi connectivity index (χ2n) is 6.91. The Morgan fingerprint density at radius 2 is 2.00 bits per heavy atom. The fraction of sp³-hybridized carbons (Fsp3) is 0.588. The summed E-state index contributed by atoms with van der Waals surface area (Å²) in [4.78, 5) is 14.1. The average molecular weight is 290 g/mol. The number of rotatable bonds is 2. The van der Waals surface area contributed by atoms with Crippen LogP contribution in [0.2, 0.25) is 0 Å². The fourth-order valence-corrected chi connectivity index (χ4v) is 2.68. The van der Waals surface area contributed by atoms with Crippen molar-refractivity contribution in [3.63, 3.8) is 0 Å². The van der Waals surface area contributed by atoms with Crippen LogP contribution < -0.4 is 5.32 Å². The number of likely N-dealkylation sites (tertiary alicyclic amines) is 1. The molecule has 1 heterocycles. The maximum Gasteiger partial charge on any atom is 0.317 e. The van der Waals surface area contributed by atoms with Crippen molar-refractivity contribution in [2.45, 2.75) is 46.3 Å². The molecule has 2 amide bonds. The van der Waals surface area contributed by atoms with Crippen LogP contribution in [-0.4, -0.2) is 34.7 Å². The lowest BCUT2D eigenvalue weighted by atomic mass is 9.71. The van der Waals surface area contributed by atoms with Crippen molar-refractivity contribution in [2.75, 3.05) is 13.1 Å². The number of carbonyl (C=O) groups is 1. The Labute approximate surface area is 127 Å². The molecular weight excluding hydrogens is 264 g/mol. The third-order valence-electron chi connectivity index (χ3n) is 4.89. The van der Waals surface area contributed by atoms with Crippen molar-refractivity contribution in [3.8, 4) is 0 Å². The maximum atomic E-state index is 12.3. The van der Waals surface area contributed by atoms with E-state index in [0.717, 1.165) is 5.56 Å². The topological polar surface area (TPSA) is 52.6 Å². The van der Waals surface area contributed by atoms with Gasteiger partial charge in [0.2, 0.25) is 0 Å². The summed E-state index contributed by atoms with van der Waals surface area (Å²) in [5.74, 6) is 0. The molecule has 2 rings (SSSR count). The highest BCUT2D eigenvalue weighted by molar-refractivity contribution is 5.74. The van der Waals surface area contributed by atoms with Gasteiger partial charge in [0.05, 0.1) is 5.60 Å². The molecule has 0 spiro atoms. The number of hydrogen-bond donors (Lipinski definition) is 2. The zero-order chi connectivity index (χ0) is 15.7. The van der Waals surface area contributed by atoms with Crippen molar-refractivity contribution in [3.05, 3.63) is 35.4 Å². The highest BCUT2D eigenvalue weighted by atomic mass is 16.3. The molecule has 4 nitrogen and oxygen atoms in total. The summed E-state index contributed by atoms with van der Waals surface area (Å²) in [6, 6.07) is 8.00. The van der Waals surface area contributed by atoms with E-state index < -0.39 is 5.60 Å². The van der Waals surface area contributed by atoms with Gasteiger partial charge in [-0.1, -0.05) is 38.1 Å². The van der Waals surface area contributed by atoms with Gasteiger partial charge in [-0.3, -0.25) is 0 Å². The zero-order valence-corrected chi connectivity index (χ0v) is 13.4. The molecule has 0 radical (unpaired) electrons. The molecule has 1 aliphatic heterocycles. The van der Waals surface area contributed by atoms with E-state index in [-0.39, 0.29) is 11.4 Å². The Morgan fingerprint density at radius 1 is 1.33 bits per heavy atom. The summed E-state index contributed by atoms with van der Waals surface area (Å²) in [6.07, 6.45) is 0.609. The van der Waals surface area contributed by atoms with Gasteiger partial charge in [0.15, 0.2) is 0 Å². The lowest BCUT2D eigenvalue weighted by Crippen LogP contribution is -2.58. The summed E-state index contributed by atoms with van der Waals surface area (Å²) >= 11 is 0. The van der Waals surface area contributed by atoms with Crippen LogP contribution in [0.15, 0.2) is 24.3 Å². The molecule has 0 bridgehead atoms. The van der Waals surface area contributed by atoms with Crippen LogP contribution >= 0.6 is 0 Å². The van der Waals surface area contributed by atoms with Crippen LogP contribution in [0.25, 0.3) is 0 Å². The van der Waals surface area contributed by atoms with Crippen molar-refractivity contribution in [1.29, 1.82) is 0 Å². The number of benzene rings is 1. The molecule has 0 aromatic heterocycles. The van der Waals surface area contributed by atoms with Gasteiger partial charge >= 0.3 is 6.03 Å². The first-order valence-corrected chi connectivity index (χ1v) is 7.53. The highest BCUT2D eigenvalue weighted by Gasteiger charge is 2.45. The number of aryl methyl sites for hydroxylation is 1. The van der Waals surface area contributed by atoms with E-state index in [4.69, 9.17) is 0 Å². The van der Waals surface area contributed by atoms with Gasteiger partial charge in [-0.05, 0) is 31.4 Å². The number of urea groups is 1. The molecular formula is C17H26N2O2. The summed E-state index contributed by atoms with van der Waals surface area (Å²) in [6.45, 7) is 9.62. The number of piperidine rings is 1. The quantitative estimate of drug-likeness (QED) is 0.880. The van der Waals surface area contributed by atoms with Crippen molar-refractivity contribution >= 4 is 6.03 Å². The minimum atomic E-state index is -0.722. The molecule has 21 heavy (non-hydrogen) atoms. The average Bonchev–Trinajstić information content (AvgIpc) is 2.40. The van der Waals surface area contributed by atoms with Crippen LogP contribution in [0.4, 0.5) is 4.79 Å². The Bertz CT molecular complexity index is 523. The van der Waals surface area contributed by atoms with E-state index in [1.165, 1.54) is 5.56 Å². The second-order valence-corrected chi connectivity index (χ2v) is 6.91. The standard InChI is InChI=1S/C17H26N2O2/c1-13-7-5-6-8-14(13)11-18-15(20)19-10-9-17(4,21)16(2,3)12-19/h5-8,21H,9-12H2,1-4H3,(H,18,20)/t17-/m0/s1. The van der Waals surface area contributed by atoms with Crippen LogP contribution in [0.1, 0.15) is 38.3 Å². The monoisotopic (exact) mass is 290 g/mol. The maximum absolute atomic E-state index is 12.3. The SMILES string of the molecule is Cc1ccccc1CNC(=O)N1CC[C@](C)(O)C(C)(C)C1. The Kier molecular flexibility index (Phi) is 4.28. The second kappa shape index (κ2) is 5.68. The molecule has 1 atom stereocenters. The summed E-state index contributed by atoms with van der Waals surface area (Å²) in [5.41, 5.74) is 1.29. The third-order valence-corrected chi connectivity index (χ3v) is 4.89. The molecule has 0 saturated carbocycles. The first-order valence-electron chi connectivity index (χ1n) is 7.53. The van der Waals surface area contributed by atoms with Crippen molar-refractivity contribution in [2.24, 2.45) is 5.41 Å². The molecule has 4 heteroatoms. The molecule has 2 N–H and O–H groups in total. The van der Waals surface area contributed by atoms with Gasteiger partial charge in [-0.25, -0.2) is 4.79 Å². The van der Waals surface area contributed by atoms with Crippen LogP contribution in [0, 0.1) is 12.3 Å². The Morgan fingerprint density at radius 3 is 2.62 bits per heavy atom. The largest absolute Gasteiger partial charge is 0.389 e. The van der Waals surface area contributed by atoms with E-state index >= 15 is 0 Å². The minimum Gasteiger partial charge on any atom is -0.389 e. The van der Waals surface area contributed by atoms with Crippen molar-refractivity contribution in [1.82, 2.24) is 10.2 Å². The van der Waals surface area contributed by atoms with Crippen molar-refractivity contribution < 1.29 is 9.90 Å². The summed E-state index contributed by atoms with van der Waals surface area (Å²) in [7, 11) is 0. The van der Waals surface area contributed by atoms with Gasteiger partial charge in [0.25, 0.3) is 0 Å². The number of aliphatic hydroxyl groups is 1. The molecule has 1 saturated heterocycles. The number of hydrogen-bond acceptors (Lipinski definition) is 2. The van der Waals surface area contributed by atoms with E-state index in [0.29, 0.717) is 26.1 Å². The van der Waals surface area contributed by atoms with Gasteiger partial charge in [-0.2, -0.15) is 0 Å². The number of carbonyl (C=O) groups excluding carboxylic acids is 1. The van der Waals surface area contributed by atoms with E-state index in [1.807, 2.05) is 52.0 Å². The minimum absolute atomic E-state index is 0.0539. The molecule has 1 aliphatic rings. The molecule has 1 fully saturated rings. The van der Waals surface area contributed by atoms with E-state index in [2.05, 4.69) is 5.32 Å². The normalized spacial score (nSPS) is 24.7. The predicted octanol–water partition coefficient (Wildman–Crippen LogP) is 2.69. The lowest BCUT2D eigenvalue weighted by Gasteiger charge is -2.48. The molecule has 0 unspecified atom stereocenters. The molecule has 0 aliphatic carbocycles. The molecule has 116 valence electrons. The number of nitrogens with one attached hydrogen (secondary N) is 1. The molecule has 1 aromatic carbocycles. The number of nitrogens with zero attached hydrogens (tertiary/aromatic N) is 1.